The van der Waals surface area contributed by atoms with Crippen LogP contribution >= 0.6 is 0 Å². The van der Waals surface area contributed by atoms with Gasteiger partial charge in [0.1, 0.15) is 6.10 Å². The van der Waals surface area contributed by atoms with E-state index in [4.69, 9.17) is 9.47 Å². The van der Waals surface area contributed by atoms with Crippen LogP contribution in [0.1, 0.15) is 43.0 Å². The number of rotatable bonds is 3. The van der Waals surface area contributed by atoms with E-state index < -0.39 is 0 Å². The number of aromatic nitrogens is 1. The molecule has 1 atom stereocenters. The lowest BCUT2D eigenvalue weighted by molar-refractivity contribution is 0.0237. The largest absolute Gasteiger partial charge is 0.474 e. The summed E-state index contributed by atoms with van der Waals surface area (Å²) in [4.78, 5) is 18.7. The van der Waals surface area contributed by atoms with Crippen LogP contribution in [0.25, 0.3) is 0 Å². The zero-order valence-electron chi connectivity index (χ0n) is 13.2. The van der Waals surface area contributed by atoms with Gasteiger partial charge in [0.2, 0.25) is 5.88 Å². The molecule has 1 aromatic heterocycles. The van der Waals surface area contributed by atoms with Crippen LogP contribution in [0, 0.1) is 5.92 Å². The highest BCUT2D eigenvalue weighted by molar-refractivity contribution is 5.94. The number of hydrogen-bond acceptors (Lipinski definition) is 4. The molecule has 2 saturated heterocycles. The first kappa shape index (κ1) is 15.3. The van der Waals surface area contributed by atoms with E-state index in [0.29, 0.717) is 17.4 Å². The van der Waals surface area contributed by atoms with Gasteiger partial charge in [0.25, 0.3) is 5.91 Å². The lowest BCUT2D eigenvalue weighted by Crippen LogP contribution is -2.39. The van der Waals surface area contributed by atoms with Gasteiger partial charge in [-0.05, 0) is 24.8 Å². The fourth-order valence-corrected chi connectivity index (χ4v) is 3.10. The Bertz CT molecular complexity index is 497. The fraction of sp³-hybridized carbons (Fsp3) is 0.647. The van der Waals surface area contributed by atoms with E-state index >= 15 is 0 Å². The first-order valence-corrected chi connectivity index (χ1v) is 8.22. The molecule has 0 aliphatic carbocycles. The third-order valence-corrected chi connectivity index (χ3v) is 4.38. The molecular weight excluding hydrogens is 280 g/mol. The maximum absolute atomic E-state index is 12.5. The van der Waals surface area contributed by atoms with Crippen molar-refractivity contribution in [3.8, 4) is 5.88 Å². The van der Waals surface area contributed by atoms with Gasteiger partial charge in [-0.15, -0.1) is 0 Å². The molecule has 2 aliphatic rings. The predicted molar refractivity (Wildman–Crippen MR) is 83.0 cm³/mol. The van der Waals surface area contributed by atoms with Crippen LogP contribution in [0.15, 0.2) is 18.3 Å². The average molecular weight is 304 g/mol. The highest BCUT2D eigenvalue weighted by atomic mass is 16.5. The average Bonchev–Trinajstić information content (AvgIpc) is 2.56. The van der Waals surface area contributed by atoms with Gasteiger partial charge in [0.15, 0.2) is 0 Å². The molecule has 1 amide bonds. The molecule has 120 valence electrons. The molecule has 1 unspecified atom stereocenters. The Morgan fingerprint density at radius 3 is 2.82 bits per heavy atom. The molecule has 0 N–H and O–H groups in total. The predicted octanol–water partition coefficient (Wildman–Crippen LogP) is 2.51. The molecule has 0 aromatic carbocycles. The van der Waals surface area contributed by atoms with Crippen LogP contribution in [-0.4, -0.2) is 48.2 Å². The number of pyridine rings is 1. The standard InChI is InChI=1S/C17H24N2O3/c1-13-3-2-8-19(12-13)17(20)14-4-5-16(18-11-14)22-15-6-9-21-10-7-15/h4-5,11,13,15H,2-3,6-10,12H2,1H3. The Labute approximate surface area is 131 Å². The Hall–Kier alpha value is -1.62. The van der Waals surface area contributed by atoms with Crippen molar-refractivity contribution in [2.75, 3.05) is 26.3 Å². The minimum atomic E-state index is 0.0802. The van der Waals surface area contributed by atoms with Crippen LogP contribution in [0.4, 0.5) is 0 Å². The van der Waals surface area contributed by atoms with E-state index in [0.717, 1.165) is 45.6 Å². The van der Waals surface area contributed by atoms with Crippen LogP contribution in [-0.2, 0) is 4.74 Å². The minimum Gasteiger partial charge on any atom is -0.474 e. The molecule has 3 rings (SSSR count). The molecule has 2 aliphatic heterocycles. The molecule has 0 radical (unpaired) electrons. The molecule has 0 saturated carbocycles. The lowest BCUT2D eigenvalue weighted by atomic mass is 10.00. The molecule has 1 aromatic rings. The highest BCUT2D eigenvalue weighted by Crippen LogP contribution is 2.19. The molecular formula is C17H24N2O3. The van der Waals surface area contributed by atoms with E-state index in [9.17, 15) is 4.79 Å². The number of carbonyl (C=O) groups excluding carboxylic acids is 1. The maximum Gasteiger partial charge on any atom is 0.255 e. The highest BCUT2D eigenvalue weighted by Gasteiger charge is 2.22. The molecule has 0 spiro atoms. The van der Waals surface area contributed by atoms with Crippen LogP contribution in [0.2, 0.25) is 0 Å². The van der Waals surface area contributed by atoms with Crippen molar-refractivity contribution in [3.63, 3.8) is 0 Å². The third-order valence-electron chi connectivity index (χ3n) is 4.38. The summed E-state index contributed by atoms with van der Waals surface area (Å²) < 4.78 is 11.1. The summed E-state index contributed by atoms with van der Waals surface area (Å²) >= 11 is 0. The zero-order valence-corrected chi connectivity index (χ0v) is 13.2. The number of hydrogen-bond donors (Lipinski definition) is 0. The quantitative estimate of drug-likeness (QED) is 0.861. The second-order valence-electron chi connectivity index (χ2n) is 6.31. The van der Waals surface area contributed by atoms with Crippen molar-refractivity contribution in [2.45, 2.75) is 38.7 Å². The minimum absolute atomic E-state index is 0.0802. The van der Waals surface area contributed by atoms with E-state index in [1.165, 1.54) is 6.42 Å². The molecule has 22 heavy (non-hydrogen) atoms. The molecule has 3 heterocycles. The molecule has 2 fully saturated rings. The van der Waals surface area contributed by atoms with Crippen molar-refractivity contribution in [3.05, 3.63) is 23.9 Å². The molecule has 5 nitrogen and oxygen atoms in total. The Kier molecular flexibility index (Phi) is 4.93. The second-order valence-corrected chi connectivity index (χ2v) is 6.31. The zero-order chi connectivity index (χ0) is 15.4. The van der Waals surface area contributed by atoms with Gasteiger partial charge >= 0.3 is 0 Å². The van der Waals surface area contributed by atoms with E-state index in [-0.39, 0.29) is 12.0 Å². The lowest BCUT2D eigenvalue weighted by Gasteiger charge is -2.31. The van der Waals surface area contributed by atoms with Gasteiger partial charge < -0.3 is 14.4 Å². The van der Waals surface area contributed by atoms with Crippen molar-refractivity contribution >= 4 is 5.91 Å². The molecule has 5 heteroatoms. The number of ether oxygens (including phenoxy) is 2. The SMILES string of the molecule is CC1CCCN(C(=O)c2ccc(OC3CCOCC3)nc2)C1. The maximum atomic E-state index is 12.5. The number of piperidine rings is 1. The van der Waals surface area contributed by atoms with E-state index in [2.05, 4.69) is 11.9 Å². The van der Waals surface area contributed by atoms with E-state index in [1.807, 2.05) is 11.0 Å². The van der Waals surface area contributed by atoms with E-state index in [1.54, 1.807) is 12.3 Å². The Balaban J connectivity index is 1.59. The smallest absolute Gasteiger partial charge is 0.255 e. The van der Waals surface area contributed by atoms with Gasteiger partial charge in [0.05, 0.1) is 18.8 Å². The molecule has 0 bridgehead atoms. The van der Waals surface area contributed by atoms with Gasteiger partial charge in [-0.25, -0.2) is 4.98 Å². The summed E-state index contributed by atoms with van der Waals surface area (Å²) in [6, 6.07) is 3.62. The van der Waals surface area contributed by atoms with Crippen LogP contribution in [0.5, 0.6) is 5.88 Å². The first-order chi connectivity index (χ1) is 10.7. The summed E-state index contributed by atoms with van der Waals surface area (Å²) in [5.74, 6) is 1.26. The van der Waals surface area contributed by atoms with Gasteiger partial charge in [-0.3, -0.25) is 4.79 Å². The second kappa shape index (κ2) is 7.09. The Morgan fingerprint density at radius 1 is 1.32 bits per heavy atom. The van der Waals surface area contributed by atoms with Gasteiger partial charge in [-0.1, -0.05) is 6.92 Å². The van der Waals surface area contributed by atoms with Crippen LogP contribution in [0.3, 0.4) is 0 Å². The summed E-state index contributed by atoms with van der Waals surface area (Å²) in [5, 5.41) is 0. The van der Waals surface area contributed by atoms with Crippen molar-refractivity contribution in [1.29, 1.82) is 0 Å². The first-order valence-electron chi connectivity index (χ1n) is 8.22. The van der Waals surface area contributed by atoms with Gasteiger partial charge in [-0.2, -0.15) is 0 Å². The van der Waals surface area contributed by atoms with Crippen molar-refractivity contribution in [1.82, 2.24) is 9.88 Å². The van der Waals surface area contributed by atoms with Crippen LogP contribution < -0.4 is 4.74 Å². The summed E-state index contributed by atoms with van der Waals surface area (Å²) in [5.41, 5.74) is 0.647. The summed E-state index contributed by atoms with van der Waals surface area (Å²) in [7, 11) is 0. The monoisotopic (exact) mass is 304 g/mol. The summed E-state index contributed by atoms with van der Waals surface area (Å²) in [6.07, 6.45) is 5.90. The van der Waals surface area contributed by atoms with Crippen molar-refractivity contribution in [2.24, 2.45) is 5.92 Å². The number of nitrogens with zero attached hydrogens (tertiary/aromatic N) is 2. The topological polar surface area (TPSA) is 51.7 Å². The van der Waals surface area contributed by atoms with Crippen molar-refractivity contribution < 1.29 is 14.3 Å². The number of likely N-dealkylation sites (tertiary alicyclic amines) is 1. The fourth-order valence-electron chi connectivity index (χ4n) is 3.10. The van der Waals surface area contributed by atoms with Gasteiger partial charge in [0, 0.05) is 38.2 Å². The third kappa shape index (κ3) is 3.77. The normalized spacial score (nSPS) is 23.3. The Morgan fingerprint density at radius 2 is 2.14 bits per heavy atom. The number of amides is 1. The number of carbonyl (C=O) groups is 1. The summed E-state index contributed by atoms with van der Waals surface area (Å²) in [6.45, 7) is 5.38.